The van der Waals surface area contributed by atoms with Crippen molar-refractivity contribution >= 4 is 11.6 Å². The molecule has 80 valence electrons. The molecule has 2 aromatic rings. The molecule has 2 heterocycles. The van der Waals surface area contributed by atoms with E-state index in [0.29, 0.717) is 5.56 Å². The van der Waals surface area contributed by atoms with Crippen LogP contribution in [0.15, 0.2) is 42.9 Å². The molecule has 0 aliphatic heterocycles. The van der Waals surface area contributed by atoms with E-state index < -0.39 is 0 Å². The molecule has 0 saturated carbocycles. The molecule has 0 aromatic carbocycles. The van der Waals surface area contributed by atoms with Gasteiger partial charge in [0, 0.05) is 35.5 Å². The molecular weight excluding hydrogens is 202 g/mol. The van der Waals surface area contributed by atoms with Gasteiger partial charge in [0.2, 0.25) is 0 Å². The Morgan fingerprint density at radius 2 is 1.94 bits per heavy atom. The van der Waals surface area contributed by atoms with Gasteiger partial charge in [0.15, 0.2) is 0 Å². The quantitative estimate of drug-likeness (QED) is 0.830. The maximum Gasteiger partial charge on any atom is 0.255 e. The molecule has 0 radical (unpaired) electrons. The minimum Gasteiger partial charge on any atom is -0.322 e. The van der Waals surface area contributed by atoms with Crippen molar-refractivity contribution in [1.29, 1.82) is 0 Å². The molecule has 0 saturated heterocycles. The monoisotopic (exact) mass is 213 g/mol. The van der Waals surface area contributed by atoms with Gasteiger partial charge >= 0.3 is 0 Å². The van der Waals surface area contributed by atoms with Gasteiger partial charge < -0.3 is 5.32 Å². The van der Waals surface area contributed by atoms with Crippen molar-refractivity contribution in [1.82, 2.24) is 9.97 Å². The van der Waals surface area contributed by atoms with Crippen molar-refractivity contribution in [3.8, 4) is 0 Å². The second-order valence-corrected chi connectivity index (χ2v) is 3.38. The van der Waals surface area contributed by atoms with Gasteiger partial charge in [-0.25, -0.2) is 0 Å². The Balaban J connectivity index is 2.15. The molecule has 2 aromatic heterocycles. The Hall–Kier alpha value is -2.23. The lowest BCUT2D eigenvalue weighted by molar-refractivity contribution is 0.102. The number of anilines is 1. The number of hydrogen-bond acceptors (Lipinski definition) is 3. The number of carbonyl (C=O) groups is 1. The van der Waals surface area contributed by atoms with Crippen LogP contribution in [0.3, 0.4) is 0 Å². The van der Waals surface area contributed by atoms with Crippen molar-refractivity contribution in [3.05, 3.63) is 54.1 Å². The van der Waals surface area contributed by atoms with E-state index in [1.165, 1.54) is 0 Å². The maximum atomic E-state index is 11.8. The first kappa shape index (κ1) is 10.3. The van der Waals surface area contributed by atoms with Crippen LogP contribution in [0.2, 0.25) is 0 Å². The van der Waals surface area contributed by atoms with E-state index in [1.807, 2.05) is 6.92 Å². The highest BCUT2D eigenvalue weighted by Gasteiger charge is 2.05. The Morgan fingerprint density at radius 1 is 1.19 bits per heavy atom. The lowest BCUT2D eigenvalue weighted by Gasteiger charge is -2.04. The first-order valence-corrected chi connectivity index (χ1v) is 4.90. The third kappa shape index (κ3) is 2.42. The first-order valence-electron chi connectivity index (χ1n) is 4.90. The topological polar surface area (TPSA) is 54.9 Å². The van der Waals surface area contributed by atoms with Crippen molar-refractivity contribution in [3.63, 3.8) is 0 Å². The molecule has 1 N–H and O–H groups in total. The summed E-state index contributed by atoms with van der Waals surface area (Å²) in [5.41, 5.74) is 2.15. The van der Waals surface area contributed by atoms with Gasteiger partial charge in [-0.15, -0.1) is 0 Å². The summed E-state index contributed by atoms with van der Waals surface area (Å²) in [6, 6.07) is 6.91. The molecule has 0 aliphatic carbocycles. The average Bonchev–Trinajstić information content (AvgIpc) is 2.30. The highest BCUT2D eigenvalue weighted by atomic mass is 16.1. The van der Waals surface area contributed by atoms with Crippen molar-refractivity contribution in [2.45, 2.75) is 6.92 Å². The van der Waals surface area contributed by atoms with Crippen LogP contribution < -0.4 is 5.32 Å². The number of pyridine rings is 2. The number of hydrogen-bond donors (Lipinski definition) is 1. The summed E-state index contributed by atoms with van der Waals surface area (Å²) in [7, 11) is 0. The zero-order valence-electron chi connectivity index (χ0n) is 8.84. The SMILES string of the molecule is Cc1cc(C(=O)Nc2ccncc2)ccn1. The molecule has 4 heteroatoms. The van der Waals surface area contributed by atoms with E-state index >= 15 is 0 Å². The van der Waals surface area contributed by atoms with E-state index in [1.54, 1.807) is 42.9 Å². The summed E-state index contributed by atoms with van der Waals surface area (Å²) in [5, 5.41) is 2.78. The predicted molar refractivity (Wildman–Crippen MR) is 61.2 cm³/mol. The van der Waals surface area contributed by atoms with Crippen molar-refractivity contribution in [2.75, 3.05) is 5.32 Å². The Labute approximate surface area is 93.4 Å². The number of rotatable bonds is 2. The van der Waals surface area contributed by atoms with Crippen LogP contribution in [0.5, 0.6) is 0 Å². The van der Waals surface area contributed by atoms with Crippen LogP contribution in [0.1, 0.15) is 16.1 Å². The highest BCUT2D eigenvalue weighted by Crippen LogP contribution is 2.07. The zero-order chi connectivity index (χ0) is 11.4. The standard InChI is InChI=1S/C12H11N3O/c1-9-8-10(2-7-14-9)12(16)15-11-3-5-13-6-4-11/h2-8H,1H3,(H,13,15,16). The zero-order valence-corrected chi connectivity index (χ0v) is 8.84. The number of nitrogens with one attached hydrogen (secondary N) is 1. The average molecular weight is 213 g/mol. The van der Waals surface area contributed by atoms with Crippen LogP contribution in [-0.2, 0) is 0 Å². The molecule has 1 amide bonds. The molecule has 0 bridgehead atoms. The first-order chi connectivity index (χ1) is 7.75. The molecule has 2 rings (SSSR count). The van der Waals surface area contributed by atoms with Crippen LogP contribution >= 0.6 is 0 Å². The van der Waals surface area contributed by atoms with Gasteiger partial charge in [-0.3, -0.25) is 14.8 Å². The second kappa shape index (κ2) is 4.53. The van der Waals surface area contributed by atoms with Gasteiger partial charge in [-0.1, -0.05) is 0 Å². The van der Waals surface area contributed by atoms with Crippen LogP contribution in [0, 0.1) is 6.92 Å². The van der Waals surface area contributed by atoms with E-state index in [-0.39, 0.29) is 5.91 Å². The highest BCUT2D eigenvalue weighted by molar-refractivity contribution is 6.04. The predicted octanol–water partition coefficient (Wildman–Crippen LogP) is 2.04. The lowest BCUT2D eigenvalue weighted by atomic mass is 10.2. The van der Waals surface area contributed by atoms with Gasteiger partial charge in [0.25, 0.3) is 5.91 Å². The number of aromatic nitrogens is 2. The van der Waals surface area contributed by atoms with E-state index in [9.17, 15) is 4.79 Å². The van der Waals surface area contributed by atoms with Crippen LogP contribution in [0.25, 0.3) is 0 Å². The molecule has 0 spiro atoms. The fourth-order valence-corrected chi connectivity index (χ4v) is 1.33. The molecular formula is C12H11N3O. The largest absolute Gasteiger partial charge is 0.322 e. The van der Waals surface area contributed by atoms with Crippen molar-refractivity contribution in [2.24, 2.45) is 0 Å². The minimum atomic E-state index is -0.142. The third-order valence-corrected chi connectivity index (χ3v) is 2.10. The minimum absolute atomic E-state index is 0.142. The normalized spacial score (nSPS) is 9.81. The maximum absolute atomic E-state index is 11.8. The van der Waals surface area contributed by atoms with Crippen molar-refractivity contribution < 1.29 is 4.79 Å². The Morgan fingerprint density at radius 3 is 2.62 bits per heavy atom. The molecule has 0 aliphatic rings. The number of amides is 1. The number of aryl methyl sites for hydroxylation is 1. The van der Waals surface area contributed by atoms with Gasteiger partial charge in [-0.05, 0) is 31.2 Å². The third-order valence-electron chi connectivity index (χ3n) is 2.10. The number of carbonyl (C=O) groups excluding carboxylic acids is 1. The number of nitrogens with zero attached hydrogens (tertiary/aromatic N) is 2. The molecule has 0 atom stereocenters. The lowest BCUT2D eigenvalue weighted by Crippen LogP contribution is -2.12. The van der Waals surface area contributed by atoms with E-state index in [2.05, 4.69) is 15.3 Å². The molecule has 0 fully saturated rings. The fraction of sp³-hybridized carbons (Fsp3) is 0.0833. The van der Waals surface area contributed by atoms with Crippen LogP contribution in [0.4, 0.5) is 5.69 Å². The Bertz CT molecular complexity index is 497. The summed E-state index contributed by atoms with van der Waals surface area (Å²) in [4.78, 5) is 19.7. The van der Waals surface area contributed by atoms with E-state index in [4.69, 9.17) is 0 Å². The van der Waals surface area contributed by atoms with Gasteiger partial charge in [0.1, 0.15) is 0 Å². The molecule has 0 unspecified atom stereocenters. The molecule has 16 heavy (non-hydrogen) atoms. The van der Waals surface area contributed by atoms with Gasteiger partial charge in [0.05, 0.1) is 0 Å². The van der Waals surface area contributed by atoms with Crippen LogP contribution in [-0.4, -0.2) is 15.9 Å². The van der Waals surface area contributed by atoms with Gasteiger partial charge in [-0.2, -0.15) is 0 Å². The fourth-order valence-electron chi connectivity index (χ4n) is 1.33. The van der Waals surface area contributed by atoms with E-state index in [0.717, 1.165) is 11.4 Å². The summed E-state index contributed by atoms with van der Waals surface area (Å²) in [6.45, 7) is 1.85. The summed E-state index contributed by atoms with van der Waals surface area (Å²) < 4.78 is 0. The second-order valence-electron chi connectivity index (χ2n) is 3.38. The Kier molecular flexibility index (Phi) is 2.91. The molecule has 4 nitrogen and oxygen atoms in total. The summed E-state index contributed by atoms with van der Waals surface area (Å²) in [5.74, 6) is -0.142. The smallest absolute Gasteiger partial charge is 0.255 e. The summed E-state index contributed by atoms with van der Waals surface area (Å²) in [6.07, 6.45) is 4.89. The summed E-state index contributed by atoms with van der Waals surface area (Å²) >= 11 is 0.